The molecule has 0 radical (unpaired) electrons. The molecule has 16 heavy (non-hydrogen) atoms. The molecule has 0 bridgehead atoms. The number of nitrogens with one attached hydrogen (secondary N) is 2. The number of carbonyl (C=O) groups is 1. The van der Waals surface area contributed by atoms with Crippen LogP contribution in [0.25, 0.3) is 0 Å². The van der Waals surface area contributed by atoms with Crippen LogP contribution in [0.1, 0.15) is 51.9 Å². The molecule has 2 fully saturated rings. The molecule has 1 atom stereocenters. The largest absolute Gasteiger partial charge is 0.356 e. The lowest BCUT2D eigenvalue weighted by Gasteiger charge is -2.38. The summed E-state index contributed by atoms with van der Waals surface area (Å²) in [6.07, 6.45) is 8.08. The van der Waals surface area contributed by atoms with Crippen LogP contribution in [0, 0.1) is 5.41 Å². The van der Waals surface area contributed by atoms with Crippen molar-refractivity contribution < 1.29 is 4.79 Å². The minimum absolute atomic E-state index is 0.238. The van der Waals surface area contributed by atoms with E-state index in [1.165, 1.54) is 32.1 Å². The van der Waals surface area contributed by atoms with Crippen molar-refractivity contribution in [2.75, 3.05) is 13.1 Å². The fourth-order valence-corrected chi connectivity index (χ4v) is 2.67. The molecule has 1 unspecified atom stereocenters. The first-order valence-corrected chi connectivity index (χ1v) is 6.68. The molecule has 0 aromatic rings. The second-order valence-corrected chi connectivity index (χ2v) is 5.77. The van der Waals surface area contributed by atoms with Gasteiger partial charge in [0, 0.05) is 19.0 Å². The van der Waals surface area contributed by atoms with Crippen molar-refractivity contribution >= 4 is 5.91 Å². The first-order valence-electron chi connectivity index (χ1n) is 6.68. The molecule has 0 aromatic carbocycles. The zero-order valence-electron chi connectivity index (χ0n) is 10.3. The number of amides is 1. The molecule has 0 aromatic heterocycles. The molecular weight excluding hydrogens is 200 g/mol. The molecule has 92 valence electrons. The molecule has 2 aliphatic rings. The third kappa shape index (κ3) is 3.21. The summed E-state index contributed by atoms with van der Waals surface area (Å²) >= 11 is 0. The maximum Gasteiger partial charge on any atom is 0.220 e. The number of rotatable bonds is 5. The summed E-state index contributed by atoms with van der Waals surface area (Å²) in [6.45, 7) is 4.28. The average Bonchev–Trinajstić information content (AvgIpc) is 2.73. The van der Waals surface area contributed by atoms with E-state index in [2.05, 4.69) is 17.6 Å². The predicted octanol–water partition coefficient (Wildman–Crippen LogP) is 1.82. The van der Waals surface area contributed by atoms with Crippen LogP contribution in [0.5, 0.6) is 0 Å². The van der Waals surface area contributed by atoms with Crippen LogP contribution in [0.4, 0.5) is 0 Å². The fourth-order valence-electron chi connectivity index (χ4n) is 2.67. The molecule has 0 spiro atoms. The second-order valence-electron chi connectivity index (χ2n) is 5.77. The highest BCUT2D eigenvalue weighted by Crippen LogP contribution is 2.39. The van der Waals surface area contributed by atoms with Crippen LogP contribution in [-0.2, 0) is 4.79 Å². The Kier molecular flexibility index (Phi) is 3.85. The first kappa shape index (κ1) is 11.9. The van der Waals surface area contributed by atoms with Crippen molar-refractivity contribution in [2.24, 2.45) is 5.41 Å². The summed E-state index contributed by atoms with van der Waals surface area (Å²) in [6, 6.07) is 0.588. The maximum atomic E-state index is 11.6. The molecular formula is C13H24N2O. The summed E-state index contributed by atoms with van der Waals surface area (Å²) in [4.78, 5) is 11.6. The fraction of sp³-hybridized carbons (Fsp3) is 0.923. The van der Waals surface area contributed by atoms with Gasteiger partial charge in [0.25, 0.3) is 0 Å². The molecule has 3 nitrogen and oxygen atoms in total. The standard InChI is InChI=1S/C13H24N2O/c1-13(7-3-8-13)10-15-12(16)6-5-11-4-2-9-14-11/h11,14H,2-10H2,1H3,(H,15,16). The predicted molar refractivity (Wildman–Crippen MR) is 65.2 cm³/mol. The minimum Gasteiger partial charge on any atom is -0.356 e. The van der Waals surface area contributed by atoms with E-state index < -0.39 is 0 Å². The third-order valence-electron chi connectivity index (χ3n) is 4.16. The molecule has 2 rings (SSSR count). The van der Waals surface area contributed by atoms with Gasteiger partial charge >= 0.3 is 0 Å². The molecule has 1 saturated carbocycles. The summed E-state index contributed by atoms with van der Waals surface area (Å²) < 4.78 is 0. The van der Waals surface area contributed by atoms with Gasteiger partial charge in [0.15, 0.2) is 0 Å². The van der Waals surface area contributed by atoms with Crippen molar-refractivity contribution in [1.29, 1.82) is 0 Å². The van der Waals surface area contributed by atoms with Gasteiger partial charge in [-0.2, -0.15) is 0 Å². The lowest BCUT2D eigenvalue weighted by molar-refractivity contribution is -0.122. The van der Waals surface area contributed by atoms with Gasteiger partial charge in [-0.05, 0) is 44.1 Å². The molecule has 1 saturated heterocycles. The Morgan fingerprint density at radius 2 is 2.25 bits per heavy atom. The second kappa shape index (κ2) is 5.17. The van der Waals surface area contributed by atoms with E-state index in [0.717, 1.165) is 19.5 Å². The monoisotopic (exact) mass is 224 g/mol. The van der Waals surface area contributed by atoms with Crippen LogP contribution in [0.15, 0.2) is 0 Å². The van der Waals surface area contributed by atoms with Gasteiger partial charge in [0.2, 0.25) is 5.91 Å². The van der Waals surface area contributed by atoms with E-state index >= 15 is 0 Å². The summed E-state index contributed by atoms with van der Waals surface area (Å²) in [5.41, 5.74) is 0.404. The zero-order chi connectivity index (χ0) is 11.4. The van der Waals surface area contributed by atoms with E-state index in [4.69, 9.17) is 0 Å². The molecule has 1 aliphatic heterocycles. The van der Waals surface area contributed by atoms with Gasteiger partial charge in [-0.3, -0.25) is 4.79 Å². The smallest absolute Gasteiger partial charge is 0.220 e. The van der Waals surface area contributed by atoms with Crippen molar-refractivity contribution in [3.8, 4) is 0 Å². The van der Waals surface area contributed by atoms with Crippen LogP contribution < -0.4 is 10.6 Å². The Labute approximate surface area is 98.4 Å². The van der Waals surface area contributed by atoms with E-state index in [0.29, 0.717) is 17.9 Å². The molecule has 1 amide bonds. The van der Waals surface area contributed by atoms with Gasteiger partial charge in [0.05, 0.1) is 0 Å². The van der Waals surface area contributed by atoms with Gasteiger partial charge in [-0.1, -0.05) is 13.3 Å². The van der Waals surface area contributed by atoms with Gasteiger partial charge < -0.3 is 10.6 Å². The van der Waals surface area contributed by atoms with Crippen molar-refractivity contribution in [3.05, 3.63) is 0 Å². The van der Waals surface area contributed by atoms with E-state index in [9.17, 15) is 4.79 Å². The van der Waals surface area contributed by atoms with Crippen molar-refractivity contribution in [3.63, 3.8) is 0 Å². The summed E-state index contributed by atoms with van der Waals surface area (Å²) in [7, 11) is 0. The van der Waals surface area contributed by atoms with E-state index in [1.54, 1.807) is 0 Å². The summed E-state index contributed by atoms with van der Waals surface area (Å²) in [5, 5.41) is 6.51. The number of hydrogen-bond acceptors (Lipinski definition) is 2. The lowest BCUT2D eigenvalue weighted by atomic mass is 9.70. The average molecular weight is 224 g/mol. The maximum absolute atomic E-state index is 11.6. The normalized spacial score (nSPS) is 27.4. The van der Waals surface area contributed by atoms with Crippen LogP contribution >= 0.6 is 0 Å². The van der Waals surface area contributed by atoms with Crippen molar-refractivity contribution in [1.82, 2.24) is 10.6 Å². The summed E-state index contributed by atoms with van der Waals surface area (Å²) in [5.74, 6) is 0.238. The Balaban J connectivity index is 1.57. The van der Waals surface area contributed by atoms with E-state index in [-0.39, 0.29) is 5.91 Å². The molecule has 2 N–H and O–H groups in total. The van der Waals surface area contributed by atoms with Gasteiger partial charge in [-0.25, -0.2) is 0 Å². The highest BCUT2D eigenvalue weighted by Gasteiger charge is 2.31. The Bertz CT molecular complexity index is 242. The zero-order valence-corrected chi connectivity index (χ0v) is 10.3. The Hall–Kier alpha value is -0.570. The van der Waals surface area contributed by atoms with Gasteiger partial charge in [-0.15, -0.1) is 0 Å². The van der Waals surface area contributed by atoms with E-state index in [1.807, 2.05) is 0 Å². The molecule has 3 heteroatoms. The quantitative estimate of drug-likeness (QED) is 0.748. The highest BCUT2D eigenvalue weighted by molar-refractivity contribution is 5.75. The molecule has 1 aliphatic carbocycles. The number of carbonyl (C=O) groups excluding carboxylic acids is 1. The van der Waals surface area contributed by atoms with Crippen LogP contribution in [0.3, 0.4) is 0 Å². The first-order chi connectivity index (χ1) is 7.68. The Morgan fingerprint density at radius 3 is 2.81 bits per heavy atom. The lowest BCUT2D eigenvalue weighted by Crippen LogP contribution is -2.40. The Morgan fingerprint density at radius 1 is 1.44 bits per heavy atom. The topological polar surface area (TPSA) is 41.1 Å². The SMILES string of the molecule is CC1(CNC(=O)CCC2CCCN2)CCC1. The van der Waals surface area contributed by atoms with Gasteiger partial charge in [0.1, 0.15) is 0 Å². The minimum atomic E-state index is 0.238. The van der Waals surface area contributed by atoms with Crippen LogP contribution in [-0.4, -0.2) is 25.0 Å². The highest BCUT2D eigenvalue weighted by atomic mass is 16.1. The van der Waals surface area contributed by atoms with Crippen LogP contribution in [0.2, 0.25) is 0 Å². The molecule has 1 heterocycles. The van der Waals surface area contributed by atoms with Crippen molar-refractivity contribution in [2.45, 2.75) is 57.9 Å². The third-order valence-corrected chi connectivity index (χ3v) is 4.16. The number of hydrogen-bond donors (Lipinski definition) is 2.